The number of anilines is 1. The summed E-state index contributed by atoms with van der Waals surface area (Å²) >= 11 is 0. The molecule has 0 aliphatic carbocycles. The van der Waals surface area contributed by atoms with Gasteiger partial charge in [-0.15, -0.1) is 0 Å². The van der Waals surface area contributed by atoms with Gasteiger partial charge in [0, 0.05) is 23.0 Å². The van der Waals surface area contributed by atoms with E-state index in [0.29, 0.717) is 5.69 Å². The van der Waals surface area contributed by atoms with Gasteiger partial charge in [-0.1, -0.05) is 0 Å². The molecule has 0 saturated heterocycles. The van der Waals surface area contributed by atoms with Crippen molar-refractivity contribution < 1.29 is 4.74 Å². The summed E-state index contributed by atoms with van der Waals surface area (Å²) in [6, 6.07) is 7.50. The molecule has 78 valence electrons. The van der Waals surface area contributed by atoms with Gasteiger partial charge in [-0.25, -0.2) is 0 Å². The van der Waals surface area contributed by atoms with Gasteiger partial charge < -0.3 is 10.5 Å². The molecule has 2 rings (SSSR count). The van der Waals surface area contributed by atoms with Crippen molar-refractivity contribution in [3.63, 3.8) is 0 Å². The standard InChI is InChI=1S/C11H13N3O/c1-7-5-10(14-13-7)9-4-3-8(12)6-11(9)15-2/h3-6H,12H2,1-2H3,(H,13,14). The number of methoxy groups -OCH3 is 1. The van der Waals surface area contributed by atoms with Crippen LogP contribution in [0.15, 0.2) is 24.3 Å². The van der Waals surface area contributed by atoms with Crippen LogP contribution in [-0.4, -0.2) is 17.3 Å². The molecule has 0 bridgehead atoms. The molecular weight excluding hydrogens is 190 g/mol. The first-order chi connectivity index (χ1) is 7.20. The molecule has 3 N–H and O–H groups in total. The van der Waals surface area contributed by atoms with Crippen molar-refractivity contribution in [1.82, 2.24) is 10.2 Å². The van der Waals surface area contributed by atoms with Gasteiger partial charge in [0.25, 0.3) is 0 Å². The van der Waals surface area contributed by atoms with Crippen molar-refractivity contribution in [1.29, 1.82) is 0 Å². The Bertz CT molecular complexity index is 476. The van der Waals surface area contributed by atoms with Gasteiger partial charge in [0.2, 0.25) is 0 Å². The minimum atomic E-state index is 0.683. The highest BCUT2D eigenvalue weighted by Gasteiger charge is 2.08. The first-order valence-corrected chi connectivity index (χ1v) is 4.66. The Labute approximate surface area is 88.1 Å². The van der Waals surface area contributed by atoms with E-state index in [0.717, 1.165) is 22.7 Å². The highest BCUT2D eigenvalue weighted by Crippen LogP contribution is 2.30. The average Bonchev–Trinajstić information content (AvgIpc) is 2.64. The van der Waals surface area contributed by atoms with Crippen LogP contribution in [0.1, 0.15) is 5.69 Å². The molecule has 0 atom stereocenters. The predicted molar refractivity (Wildman–Crippen MR) is 59.7 cm³/mol. The Morgan fingerprint density at radius 1 is 1.33 bits per heavy atom. The van der Waals surface area contributed by atoms with Crippen LogP contribution in [0, 0.1) is 6.92 Å². The zero-order chi connectivity index (χ0) is 10.8. The van der Waals surface area contributed by atoms with Crippen molar-refractivity contribution in [3.8, 4) is 17.0 Å². The molecule has 0 saturated carbocycles. The molecule has 0 radical (unpaired) electrons. The minimum Gasteiger partial charge on any atom is -0.496 e. The zero-order valence-corrected chi connectivity index (χ0v) is 8.74. The molecule has 1 aromatic carbocycles. The Balaban J connectivity index is 2.52. The number of nitrogens with zero attached hydrogens (tertiary/aromatic N) is 1. The second kappa shape index (κ2) is 3.65. The molecule has 0 amide bonds. The van der Waals surface area contributed by atoms with E-state index in [4.69, 9.17) is 10.5 Å². The van der Waals surface area contributed by atoms with Gasteiger partial charge in [-0.05, 0) is 25.1 Å². The second-order valence-corrected chi connectivity index (χ2v) is 3.40. The van der Waals surface area contributed by atoms with Gasteiger partial charge >= 0.3 is 0 Å². The summed E-state index contributed by atoms with van der Waals surface area (Å²) < 4.78 is 5.26. The maximum atomic E-state index is 5.68. The van der Waals surface area contributed by atoms with Crippen molar-refractivity contribution >= 4 is 5.69 Å². The van der Waals surface area contributed by atoms with Crippen LogP contribution in [0.25, 0.3) is 11.3 Å². The zero-order valence-electron chi connectivity index (χ0n) is 8.74. The minimum absolute atomic E-state index is 0.683. The van der Waals surface area contributed by atoms with Crippen molar-refractivity contribution in [2.24, 2.45) is 0 Å². The first kappa shape index (κ1) is 9.58. The van der Waals surface area contributed by atoms with Crippen LogP contribution < -0.4 is 10.5 Å². The highest BCUT2D eigenvalue weighted by atomic mass is 16.5. The number of aromatic nitrogens is 2. The van der Waals surface area contributed by atoms with E-state index in [2.05, 4.69) is 10.2 Å². The van der Waals surface area contributed by atoms with E-state index in [-0.39, 0.29) is 0 Å². The maximum Gasteiger partial charge on any atom is 0.130 e. The molecule has 0 fully saturated rings. The Kier molecular flexibility index (Phi) is 2.33. The molecule has 1 aromatic heterocycles. The normalized spacial score (nSPS) is 10.3. The quantitative estimate of drug-likeness (QED) is 0.733. The lowest BCUT2D eigenvalue weighted by Crippen LogP contribution is -1.91. The van der Waals surface area contributed by atoms with E-state index in [9.17, 15) is 0 Å². The van der Waals surface area contributed by atoms with Crippen LogP contribution in [-0.2, 0) is 0 Å². The number of ether oxygens (including phenoxy) is 1. The largest absolute Gasteiger partial charge is 0.496 e. The molecular formula is C11H13N3O. The summed E-state index contributed by atoms with van der Waals surface area (Å²) in [6.07, 6.45) is 0. The number of aromatic amines is 1. The summed E-state index contributed by atoms with van der Waals surface area (Å²) in [5, 5.41) is 7.07. The fourth-order valence-corrected chi connectivity index (χ4v) is 1.48. The van der Waals surface area contributed by atoms with Crippen molar-refractivity contribution in [2.45, 2.75) is 6.92 Å². The predicted octanol–water partition coefficient (Wildman–Crippen LogP) is 1.98. The number of hydrogen-bond acceptors (Lipinski definition) is 3. The molecule has 0 spiro atoms. The summed E-state index contributed by atoms with van der Waals surface area (Å²) in [5.41, 5.74) is 9.18. The van der Waals surface area contributed by atoms with Crippen LogP contribution in [0.2, 0.25) is 0 Å². The van der Waals surface area contributed by atoms with E-state index in [1.54, 1.807) is 13.2 Å². The topological polar surface area (TPSA) is 63.9 Å². The second-order valence-electron chi connectivity index (χ2n) is 3.40. The molecule has 0 unspecified atom stereocenters. The van der Waals surface area contributed by atoms with Crippen LogP contribution in [0.3, 0.4) is 0 Å². The van der Waals surface area contributed by atoms with E-state index >= 15 is 0 Å². The number of aryl methyl sites for hydroxylation is 1. The molecule has 1 heterocycles. The number of benzene rings is 1. The van der Waals surface area contributed by atoms with E-state index in [1.807, 2.05) is 25.1 Å². The van der Waals surface area contributed by atoms with Gasteiger partial charge in [0.15, 0.2) is 0 Å². The Morgan fingerprint density at radius 3 is 2.73 bits per heavy atom. The number of hydrogen-bond donors (Lipinski definition) is 2. The summed E-state index contributed by atoms with van der Waals surface area (Å²) in [4.78, 5) is 0. The van der Waals surface area contributed by atoms with E-state index < -0.39 is 0 Å². The molecule has 4 heteroatoms. The van der Waals surface area contributed by atoms with Gasteiger partial charge in [-0.3, -0.25) is 5.10 Å². The Hall–Kier alpha value is -1.97. The summed E-state index contributed by atoms with van der Waals surface area (Å²) in [7, 11) is 1.62. The third-order valence-corrected chi connectivity index (χ3v) is 2.21. The third kappa shape index (κ3) is 1.79. The fourth-order valence-electron chi connectivity index (χ4n) is 1.48. The lowest BCUT2D eigenvalue weighted by atomic mass is 10.1. The summed E-state index contributed by atoms with van der Waals surface area (Å²) in [5.74, 6) is 0.738. The molecule has 0 aliphatic rings. The maximum absolute atomic E-state index is 5.68. The lowest BCUT2D eigenvalue weighted by molar-refractivity contribution is 0.416. The van der Waals surface area contributed by atoms with Gasteiger partial charge in [-0.2, -0.15) is 5.10 Å². The average molecular weight is 203 g/mol. The van der Waals surface area contributed by atoms with Crippen molar-refractivity contribution in [3.05, 3.63) is 30.0 Å². The smallest absolute Gasteiger partial charge is 0.130 e. The summed E-state index contributed by atoms with van der Waals surface area (Å²) in [6.45, 7) is 1.96. The number of rotatable bonds is 2. The third-order valence-electron chi connectivity index (χ3n) is 2.21. The number of H-pyrrole nitrogens is 1. The highest BCUT2D eigenvalue weighted by molar-refractivity contribution is 5.70. The number of nitrogens with two attached hydrogens (primary N) is 1. The Morgan fingerprint density at radius 2 is 2.13 bits per heavy atom. The molecule has 2 aromatic rings. The first-order valence-electron chi connectivity index (χ1n) is 4.66. The fraction of sp³-hybridized carbons (Fsp3) is 0.182. The SMILES string of the molecule is COc1cc(N)ccc1-c1cc(C)[nH]n1. The van der Waals surface area contributed by atoms with Gasteiger partial charge in [0.05, 0.1) is 12.8 Å². The number of nitrogen functional groups attached to an aromatic ring is 1. The van der Waals surface area contributed by atoms with Crippen molar-refractivity contribution in [2.75, 3.05) is 12.8 Å². The van der Waals surface area contributed by atoms with E-state index in [1.165, 1.54) is 0 Å². The monoisotopic (exact) mass is 203 g/mol. The van der Waals surface area contributed by atoms with Gasteiger partial charge in [0.1, 0.15) is 5.75 Å². The molecule has 15 heavy (non-hydrogen) atoms. The lowest BCUT2D eigenvalue weighted by Gasteiger charge is -2.06. The van der Waals surface area contributed by atoms with Crippen LogP contribution in [0.4, 0.5) is 5.69 Å². The molecule has 4 nitrogen and oxygen atoms in total. The van der Waals surface area contributed by atoms with Crippen LogP contribution >= 0.6 is 0 Å². The molecule has 0 aliphatic heterocycles. The van der Waals surface area contributed by atoms with Crippen LogP contribution in [0.5, 0.6) is 5.75 Å². The number of nitrogens with one attached hydrogen (secondary N) is 1.